The number of hydrogen-bond acceptors (Lipinski definition) is 5. The zero-order valence-corrected chi connectivity index (χ0v) is 15.6. The van der Waals surface area contributed by atoms with Gasteiger partial charge in [0.05, 0.1) is 0 Å². The number of amides is 2. The number of hydrogen-bond donors (Lipinski definition) is 2. The molecular weight excluding hydrogens is 346 g/mol. The van der Waals surface area contributed by atoms with Gasteiger partial charge in [-0.2, -0.15) is 0 Å². The van der Waals surface area contributed by atoms with Gasteiger partial charge in [-0.25, -0.2) is 4.98 Å². The smallest absolute Gasteiger partial charge is 0.258 e. The number of aryl methyl sites for hydroxylation is 1. The van der Waals surface area contributed by atoms with Crippen LogP contribution in [0.2, 0.25) is 0 Å². The minimum atomic E-state index is -0.641. The van der Waals surface area contributed by atoms with E-state index in [0.29, 0.717) is 25.4 Å². The average molecular weight is 371 g/mol. The monoisotopic (exact) mass is 371 g/mol. The van der Waals surface area contributed by atoms with Crippen molar-refractivity contribution in [3.63, 3.8) is 0 Å². The van der Waals surface area contributed by atoms with Crippen LogP contribution in [0.4, 0.5) is 0 Å². The van der Waals surface area contributed by atoms with E-state index in [1.165, 1.54) is 0 Å². The van der Waals surface area contributed by atoms with E-state index in [4.69, 9.17) is 4.74 Å². The molecule has 2 heterocycles. The number of para-hydroxylation sites is 1. The summed E-state index contributed by atoms with van der Waals surface area (Å²) in [6.07, 6.45) is 3.58. The van der Waals surface area contributed by atoms with Gasteiger partial charge in [0.25, 0.3) is 5.91 Å². The van der Waals surface area contributed by atoms with E-state index in [9.17, 15) is 9.59 Å². The molecule has 8 nitrogen and oxygen atoms in total. The van der Waals surface area contributed by atoms with Gasteiger partial charge in [-0.3, -0.25) is 9.59 Å². The highest BCUT2D eigenvalue weighted by molar-refractivity contribution is 5.88. The third kappa shape index (κ3) is 4.65. The van der Waals surface area contributed by atoms with Gasteiger partial charge in [-0.1, -0.05) is 18.2 Å². The van der Waals surface area contributed by atoms with Crippen molar-refractivity contribution >= 4 is 11.8 Å². The Morgan fingerprint density at radius 1 is 1.37 bits per heavy atom. The maximum atomic E-state index is 12.9. The Hall–Kier alpha value is -2.87. The molecule has 1 aliphatic heterocycles. The maximum absolute atomic E-state index is 12.9. The highest BCUT2D eigenvalue weighted by Gasteiger charge is 2.33. The summed E-state index contributed by atoms with van der Waals surface area (Å²) in [5.41, 5.74) is 0. The third-order valence-electron chi connectivity index (χ3n) is 4.54. The summed E-state index contributed by atoms with van der Waals surface area (Å²) in [4.78, 5) is 31.2. The van der Waals surface area contributed by atoms with Crippen LogP contribution >= 0.6 is 0 Å². The van der Waals surface area contributed by atoms with Crippen molar-refractivity contribution in [1.82, 2.24) is 25.1 Å². The average Bonchev–Trinajstić information content (AvgIpc) is 3.12. The number of carbonyl (C=O) groups is 2. The van der Waals surface area contributed by atoms with E-state index in [1.54, 1.807) is 30.2 Å². The highest BCUT2D eigenvalue weighted by Crippen LogP contribution is 2.21. The van der Waals surface area contributed by atoms with Crippen LogP contribution in [-0.4, -0.2) is 58.5 Å². The molecule has 0 aliphatic carbocycles. The van der Waals surface area contributed by atoms with Crippen LogP contribution in [0.1, 0.15) is 18.8 Å². The highest BCUT2D eigenvalue weighted by atomic mass is 16.5. The fourth-order valence-corrected chi connectivity index (χ4v) is 3.16. The summed E-state index contributed by atoms with van der Waals surface area (Å²) < 4.78 is 7.34. The first kappa shape index (κ1) is 18.9. The summed E-state index contributed by atoms with van der Waals surface area (Å²) in [5, 5.41) is 6.02. The van der Waals surface area contributed by atoms with Crippen molar-refractivity contribution in [3.05, 3.63) is 48.5 Å². The molecule has 0 saturated carbocycles. The molecule has 0 spiro atoms. The molecule has 144 valence electrons. The summed E-state index contributed by atoms with van der Waals surface area (Å²) in [7, 11) is 1.91. The predicted octanol–water partition coefficient (Wildman–Crippen LogP) is 0.477. The zero-order chi connectivity index (χ0) is 19.2. The van der Waals surface area contributed by atoms with Gasteiger partial charge in [0, 0.05) is 39.1 Å². The first-order chi connectivity index (χ1) is 13.1. The van der Waals surface area contributed by atoms with E-state index in [-0.39, 0.29) is 24.5 Å². The first-order valence-electron chi connectivity index (χ1n) is 9.02. The van der Waals surface area contributed by atoms with E-state index >= 15 is 0 Å². The summed E-state index contributed by atoms with van der Waals surface area (Å²) in [5.74, 6) is 0.978. The molecule has 1 aromatic carbocycles. The minimum Gasteiger partial charge on any atom is -0.484 e. The van der Waals surface area contributed by atoms with Crippen LogP contribution in [0, 0.1) is 0 Å². The Kier molecular flexibility index (Phi) is 6.08. The summed E-state index contributed by atoms with van der Waals surface area (Å²) in [6.45, 7) is 3.47. The van der Waals surface area contributed by atoms with Crippen LogP contribution in [0.15, 0.2) is 42.7 Å². The lowest BCUT2D eigenvalue weighted by atomic mass is 10.1. The molecule has 1 aliphatic rings. The lowest BCUT2D eigenvalue weighted by molar-refractivity contribution is -0.139. The molecule has 2 unspecified atom stereocenters. The van der Waals surface area contributed by atoms with E-state index < -0.39 is 6.04 Å². The molecule has 0 radical (unpaired) electrons. The Balaban J connectivity index is 1.58. The normalized spacial score (nSPS) is 18.0. The van der Waals surface area contributed by atoms with Crippen molar-refractivity contribution in [2.45, 2.75) is 19.0 Å². The van der Waals surface area contributed by atoms with Gasteiger partial charge in [-0.05, 0) is 19.1 Å². The van der Waals surface area contributed by atoms with E-state index in [2.05, 4.69) is 15.6 Å². The first-order valence-corrected chi connectivity index (χ1v) is 9.02. The SMILES string of the molecule is CC(NC(=O)COc1ccccc1)C(=O)N1CCNCC1c1nccn1C. The Morgan fingerprint density at radius 2 is 2.15 bits per heavy atom. The third-order valence-corrected chi connectivity index (χ3v) is 4.54. The second-order valence-electron chi connectivity index (χ2n) is 6.54. The Morgan fingerprint density at radius 3 is 2.85 bits per heavy atom. The quantitative estimate of drug-likeness (QED) is 0.771. The van der Waals surface area contributed by atoms with Crippen molar-refractivity contribution in [2.75, 3.05) is 26.2 Å². The van der Waals surface area contributed by atoms with Crippen LogP contribution in [0.25, 0.3) is 0 Å². The lowest BCUT2D eigenvalue weighted by Crippen LogP contribution is -2.55. The van der Waals surface area contributed by atoms with Crippen molar-refractivity contribution in [2.24, 2.45) is 7.05 Å². The molecule has 8 heteroatoms. The van der Waals surface area contributed by atoms with Gasteiger partial charge < -0.3 is 24.8 Å². The molecule has 27 heavy (non-hydrogen) atoms. The molecule has 1 saturated heterocycles. The number of imidazole rings is 1. The van der Waals surface area contributed by atoms with Gasteiger partial charge in [0.15, 0.2) is 6.61 Å². The molecule has 0 bridgehead atoms. The maximum Gasteiger partial charge on any atom is 0.258 e. The van der Waals surface area contributed by atoms with E-state index in [0.717, 1.165) is 5.82 Å². The minimum absolute atomic E-state index is 0.127. The van der Waals surface area contributed by atoms with Crippen molar-refractivity contribution in [3.8, 4) is 5.75 Å². The predicted molar refractivity (Wildman–Crippen MR) is 100 cm³/mol. The summed E-state index contributed by atoms with van der Waals surface area (Å²) >= 11 is 0. The van der Waals surface area contributed by atoms with Gasteiger partial charge >= 0.3 is 0 Å². The Labute approximate surface area is 158 Å². The zero-order valence-electron chi connectivity index (χ0n) is 15.6. The van der Waals surface area contributed by atoms with Gasteiger partial charge in [0.2, 0.25) is 5.91 Å². The molecule has 3 rings (SSSR count). The number of ether oxygens (including phenoxy) is 1. The van der Waals surface area contributed by atoms with Gasteiger partial charge in [-0.15, -0.1) is 0 Å². The molecule has 1 fully saturated rings. The van der Waals surface area contributed by atoms with E-state index in [1.807, 2.05) is 36.0 Å². The number of aromatic nitrogens is 2. The van der Waals surface area contributed by atoms with Crippen molar-refractivity contribution in [1.29, 1.82) is 0 Å². The standard InChI is InChI=1S/C19H25N5O3/c1-14(22-17(25)13-27-15-6-4-3-5-7-15)19(26)24-11-8-20-12-16(24)18-21-9-10-23(18)2/h3-7,9-10,14,16,20H,8,11-13H2,1-2H3,(H,22,25). The number of nitrogens with zero attached hydrogens (tertiary/aromatic N) is 3. The number of benzene rings is 1. The largest absolute Gasteiger partial charge is 0.484 e. The molecular formula is C19H25N5O3. The molecule has 2 N–H and O–H groups in total. The van der Waals surface area contributed by atoms with Crippen LogP contribution < -0.4 is 15.4 Å². The summed E-state index contributed by atoms with van der Waals surface area (Å²) in [6, 6.07) is 8.30. The fraction of sp³-hybridized carbons (Fsp3) is 0.421. The number of nitrogens with one attached hydrogen (secondary N) is 2. The fourth-order valence-electron chi connectivity index (χ4n) is 3.16. The molecule has 2 amide bonds. The molecule has 2 atom stereocenters. The van der Waals surface area contributed by atoms with Crippen molar-refractivity contribution < 1.29 is 14.3 Å². The van der Waals surface area contributed by atoms with Crippen LogP contribution in [-0.2, 0) is 16.6 Å². The van der Waals surface area contributed by atoms with Crippen LogP contribution in [0.3, 0.4) is 0 Å². The molecule has 2 aromatic rings. The second kappa shape index (κ2) is 8.68. The van der Waals surface area contributed by atoms with Crippen LogP contribution in [0.5, 0.6) is 5.75 Å². The number of rotatable bonds is 6. The lowest BCUT2D eigenvalue weighted by Gasteiger charge is -2.37. The second-order valence-corrected chi connectivity index (χ2v) is 6.54. The Bertz CT molecular complexity index is 777. The van der Waals surface area contributed by atoms with Gasteiger partial charge in [0.1, 0.15) is 23.7 Å². The topological polar surface area (TPSA) is 88.5 Å². The molecule has 1 aromatic heterocycles. The number of carbonyl (C=O) groups excluding carboxylic acids is 2. The number of piperazine rings is 1.